The van der Waals surface area contributed by atoms with Crippen LogP contribution in [0, 0.1) is 18.3 Å². The Morgan fingerprint density at radius 2 is 1.75 bits per heavy atom. The Hall–Kier alpha value is -4.04. The number of hydrogen-bond acceptors (Lipinski definition) is 5. The summed E-state index contributed by atoms with van der Waals surface area (Å²) >= 11 is 0. The number of hydrogen-bond donors (Lipinski definition) is 1. The van der Waals surface area contributed by atoms with Gasteiger partial charge in [-0.25, -0.2) is 15.4 Å². The van der Waals surface area contributed by atoms with E-state index in [1.54, 1.807) is 12.3 Å². The molecule has 4 aromatic rings. The van der Waals surface area contributed by atoms with E-state index in [0.29, 0.717) is 11.5 Å². The average molecular weight is 363 g/mol. The summed E-state index contributed by atoms with van der Waals surface area (Å²) in [6, 6.07) is 25.6. The fourth-order valence-corrected chi connectivity index (χ4v) is 2.98. The van der Waals surface area contributed by atoms with Gasteiger partial charge in [-0.2, -0.15) is 10.4 Å². The van der Waals surface area contributed by atoms with E-state index in [-0.39, 0.29) is 0 Å². The van der Waals surface area contributed by atoms with Crippen molar-refractivity contribution < 1.29 is 0 Å². The van der Waals surface area contributed by atoms with Crippen molar-refractivity contribution in [3.05, 3.63) is 89.5 Å². The van der Waals surface area contributed by atoms with E-state index in [1.807, 2.05) is 60.7 Å². The monoisotopic (exact) mass is 363 g/mol. The first-order valence-electron chi connectivity index (χ1n) is 8.86. The van der Waals surface area contributed by atoms with Crippen LogP contribution in [0.4, 0.5) is 5.95 Å². The molecular formula is C23H17N5. The van der Waals surface area contributed by atoms with Crippen LogP contribution in [0.3, 0.4) is 0 Å². The molecule has 1 aromatic heterocycles. The van der Waals surface area contributed by atoms with Gasteiger partial charge in [0.1, 0.15) is 0 Å². The molecule has 0 bridgehead atoms. The summed E-state index contributed by atoms with van der Waals surface area (Å²) in [4.78, 5) is 9.26. The summed E-state index contributed by atoms with van der Waals surface area (Å²) in [5, 5.41) is 14.4. The molecule has 1 heterocycles. The Bertz CT molecular complexity index is 1210. The molecule has 4 rings (SSSR count). The van der Waals surface area contributed by atoms with Gasteiger partial charge in [-0.1, -0.05) is 60.2 Å². The maximum atomic E-state index is 9.18. The molecule has 0 saturated carbocycles. The number of fused-ring (bicyclic) bond motifs is 1. The standard InChI is InChI=1S/C23H17N5/c1-16-11-12-21-20(13-16)22(17-7-3-2-4-8-17)27-23(26-21)28-25-15-19-10-6-5-9-18(19)14-24/h2-13,15H,1H3,(H,26,27,28). The number of nitrogens with zero attached hydrogens (tertiary/aromatic N) is 4. The van der Waals surface area contributed by atoms with E-state index in [9.17, 15) is 5.26 Å². The van der Waals surface area contributed by atoms with Crippen LogP contribution in [-0.4, -0.2) is 16.2 Å². The van der Waals surface area contributed by atoms with Gasteiger partial charge in [0.15, 0.2) is 0 Å². The molecule has 0 spiro atoms. The summed E-state index contributed by atoms with van der Waals surface area (Å²) in [5.74, 6) is 0.404. The van der Waals surface area contributed by atoms with E-state index in [2.05, 4.69) is 39.6 Å². The van der Waals surface area contributed by atoms with Gasteiger partial charge in [-0.05, 0) is 25.1 Å². The molecule has 0 aliphatic heterocycles. The zero-order valence-corrected chi connectivity index (χ0v) is 15.3. The molecule has 0 saturated heterocycles. The van der Waals surface area contributed by atoms with Crippen LogP contribution < -0.4 is 5.43 Å². The minimum absolute atomic E-state index is 0.404. The smallest absolute Gasteiger partial charge is 0.244 e. The topological polar surface area (TPSA) is 74.0 Å². The quantitative estimate of drug-likeness (QED) is 0.412. The molecule has 28 heavy (non-hydrogen) atoms. The molecule has 134 valence electrons. The molecule has 0 aliphatic rings. The third-order valence-corrected chi connectivity index (χ3v) is 4.35. The minimum Gasteiger partial charge on any atom is -0.245 e. The van der Waals surface area contributed by atoms with Crippen LogP contribution in [0.2, 0.25) is 0 Å². The van der Waals surface area contributed by atoms with Gasteiger partial charge in [0.05, 0.1) is 29.1 Å². The first-order valence-corrected chi connectivity index (χ1v) is 8.86. The number of benzene rings is 3. The highest BCUT2D eigenvalue weighted by Gasteiger charge is 2.10. The summed E-state index contributed by atoms with van der Waals surface area (Å²) in [6.07, 6.45) is 1.60. The lowest BCUT2D eigenvalue weighted by Crippen LogP contribution is -2.00. The van der Waals surface area contributed by atoms with Crippen molar-refractivity contribution >= 4 is 23.1 Å². The molecular weight excluding hydrogens is 346 g/mol. The Morgan fingerprint density at radius 3 is 2.57 bits per heavy atom. The number of rotatable bonds is 4. The lowest BCUT2D eigenvalue weighted by atomic mass is 10.0. The molecule has 0 radical (unpaired) electrons. The maximum absolute atomic E-state index is 9.18. The molecule has 5 nitrogen and oxygen atoms in total. The van der Waals surface area contributed by atoms with Crippen LogP contribution >= 0.6 is 0 Å². The lowest BCUT2D eigenvalue weighted by molar-refractivity contribution is 1.15. The number of hydrazone groups is 1. The molecule has 0 fully saturated rings. The van der Waals surface area contributed by atoms with Crippen molar-refractivity contribution in [2.75, 3.05) is 5.43 Å². The normalized spacial score (nSPS) is 10.9. The second-order valence-electron chi connectivity index (χ2n) is 6.35. The number of aryl methyl sites for hydroxylation is 1. The van der Waals surface area contributed by atoms with Crippen molar-refractivity contribution in [1.29, 1.82) is 5.26 Å². The van der Waals surface area contributed by atoms with Gasteiger partial charge < -0.3 is 0 Å². The van der Waals surface area contributed by atoms with Crippen molar-refractivity contribution in [2.24, 2.45) is 5.10 Å². The van der Waals surface area contributed by atoms with Gasteiger partial charge in [-0.3, -0.25) is 0 Å². The maximum Gasteiger partial charge on any atom is 0.244 e. The second kappa shape index (κ2) is 7.68. The van der Waals surface area contributed by atoms with Crippen LogP contribution in [0.25, 0.3) is 22.2 Å². The summed E-state index contributed by atoms with van der Waals surface area (Å²) in [7, 11) is 0. The Kier molecular flexibility index (Phi) is 4.77. The van der Waals surface area contributed by atoms with Crippen LogP contribution in [-0.2, 0) is 0 Å². The van der Waals surface area contributed by atoms with Crippen LogP contribution in [0.15, 0.2) is 77.9 Å². The predicted molar refractivity (Wildman–Crippen MR) is 112 cm³/mol. The third kappa shape index (κ3) is 3.57. The Morgan fingerprint density at radius 1 is 0.964 bits per heavy atom. The van der Waals surface area contributed by atoms with Gasteiger partial charge >= 0.3 is 0 Å². The lowest BCUT2D eigenvalue weighted by Gasteiger charge is -2.09. The number of nitrogens with one attached hydrogen (secondary N) is 1. The van der Waals surface area contributed by atoms with E-state index >= 15 is 0 Å². The van der Waals surface area contributed by atoms with Crippen molar-refractivity contribution in [2.45, 2.75) is 6.92 Å². The SMILES string of the molecule is Cc1ccc2nc(NN=Cc3ccccc3C#N)nc(-c3ccccc3)c2c1. The van der Waals surface area contributed by atoms with Crippen molar-refractivity contribution in [3.8, 4) is 17.3 Å². The highest BCUT2D eigenvalue weighted by atomic mass is 15.3. The van der Waals surface area contributed by atoms with E-state index in [0.717, 1.165) is 33.3 Å². The average Bonchev–Trinajstić information content (AvgIpc) is 2.74. The molecule has 0 unspecified atom stereocenters. The van der Waals surface area contributed by atoms with Crippen LogP contribution in [0.5, 0.6) is 0 Å². The van der Waals surface area contributed by atoms with E-state index in [4.69, 9.17) is 0 Å². The highest BCUT2D eigenvalue weighted by molar-refractivity contribution is 5.93. The van der Waals surface area contributed by atoms with Gasteiger partial charge in [0.2, 0.25) is 5.95 Å². The summed E-state index contributed by atoms with van der Waals surface area (Å²) in [5.41, 5.74) is 8.06. The molecule has 1 N–H and O–H groups in total. The second-order valence-corrected chi connectivity index (χ2v) is 6.35. The predicted octanol–water partition coefficient (Wildman–Crippen LogP) is 4.92. The fourth-order valence-electron chi connectivity index (χ4n) is 2.98. The van der Waals surface area contributed by atoms with Crippen molar-refractivity contribution in [3.63, 3.8) is 0 Å². The molecule has 0 aliphatic carbocycles. The largest absolute Gasteiger partial charge is 0.245 e. The highest BCUT2D eigenvalue weighted by Crippen LogP contribution is 2.28. The van der Waals surface area contributed by atoms with Gasteiger partial charge in [-0.15, -0.1) is 0 Å². The summed E-state index contributed by atoms with van der Waals surface area (Å²) in [6.45, 7) is 2.05. The molecule has 0 atom stereocenters. The van der Waals surface area contributed by atoms with Gasteiger partial charge in [0, 0.05) is 16.5 Å². The van der Waals surface area contributed by atoms with Crippen LogP contribution in [0.1, 0.15) is 16.7 Å². The minimum atomic E-state index is 0.404. The Balaban J connectivity index is 1.73. The number of nitriles is 1. The Labute approximate surface area is 163 Å². The van der Waals surface area contributed by atoms with E-state index in [1.165, 1.54) is 0 Å². The first kappa shape index (κ1) is 17.4. The number of aromatic nitrogens is 2. The van der Waals surface area contributed by atoms with E-state index < -0.39 is 0 Å². The molecule has 0 amide bonds. The first-order chi connectivity index (χ1) is 13.7. The zero-order chi connectivity index (χ0) is 19.3. The zero-order valence-electron chi connectivity index (χ0n) is 15.3. The molecule has 3 aromatic carbocycles. The fraction of sp³-hybridized carbons (Fsp3) is 0.0435. The summed E-state index contributed by atoms with van der Waals surface area (Å²) < 4.78 is 0. The van der Waals surface area contributed by atoms with Gasteiger partial charge in [0.25, 0.3) is 0 Å². The molecule has 5 heteroatoms. The van der Waals surface area contributed by atoms with Crippen molar-refractivity contribution in [1.82, 2.24) is 9.97 Å². The third-order valence-electron chi connectivity index (χ3n) is 4.35. The number of anilines is 1.